The highest BCUT2D eigenvalue weighted by Gasteiger charge is 1.97. The van der Waals surface area contributed by atoms with Gasteiger partial charge in [0.1, 0.15) is 5.82 Å². The van der Waals surface area contributed by atoms with Gasteiger partial charge < -0.3 is 10.1 Å². The number of hydrogen-bond donors (Lipinski definition) is 1. The van der Waals surface area contributed by atoms with Crippen LogP contribution in [0.2, 0.25) is 0 Å². The van der Waals surface area contributed by atoms with Crippen molar-refractivity contribution in [3.63, 3.8) is 0 Å². The van der Waals surface area contributed by atoms with Crippen molar-refractivity contribution in [2.45, 2.75) is 19.8 Å². The summed E-state index contributed by atoms with van der Waals surface area (Å²) in [5.41, 5.74) is 0. The second kappa shape index (κ2) is 6.81. The Labute approximate surface area is 90.4 Å². The molecule has 0 saturated carbocycles. The first kappa shape index (κ1) is 11.5. The molecule has 0 aliphatic carbocycles. The highest BCUT2D eigenvalue weighted by Crippen LogP contribution is 2.09. The first-order chi connectivity index (χ1) is 7.36. The lowest BCUT2D eigenvalue weighted by Gasteiger charge is -2.06. The molecule has 1 aromatic heterocycles. The van der Waals surface area contributed by atoms with Crippen LogP contribution in [0.15, 0.2) is 25.0 Å². The smallest absolute Gasteiger partial charge is 0.234 e. The van der Waals surface area contributed by atoms with Gasteiger partial charge in [-0.1, -0.05) is 6.08 Å². The molecule has 0 atom stereocenters. The zero-order valence-corrected chi connectivity index (χ0v) is 9.07. The van der Waals surface area contributed by atoms with Crippen molar-refractivity contribution in [1.29, 1.82) is 0 Å². The highest BCUT2D eigenvalue weighted by molar-refractivity contribution is 5.32. The summed E-state index contributed by atoms with van der Waals surface area (Å²) in [6.45, 7) is 7.14. The molecule has 1 aromatic rings. The molecule has 1 rings (SSSR count). The average molecular weight is 207 g/mol. The van der Waals surface area contributed by atoms with Crippen molar-refractivity contribution in [2.75, 3.05) is 18.5 Å². The molecular weight excluding hydrogens is 190 g/mol. The van der Waals surface area contributed by atoms with E-state index in [0.29, 0.717) is 12.5 Å². The Hall–Kier alpha value is -1.58. The van der Waals surface area contributed by atoms with Gasteiger partial charge in [-0.2, -0.15) is 4.98 Å². The molecule has 0 aliphatic rings. The monoisotopic (exact) mass is 207 g/mol. The molecule has 0 radical (unpaired) electrons. The molecule has 0 fully saturated rings. The van der Waals surface area contributed by atoms with Crippen LogP contribution < -0.4 is 10.1 Å². The molecule has 0 saturated heterocycles. The molecule has 1 N–H and O–H groups in total. The second-order valence-corrected chi connectivity index (χ2v) is 3.05. The van der Waals surface area contributed by atoms with Crippen LogP contribution in [-0.2, 0) is 0 Å². The third-order valence-electron chi connectivity index (χ3n) is 1.77. The first-order valence-corrected chi connectivity index (χ1v) is 5.16. The minimum atomic E-state index is 0.567. The number of rotatable bonds is 7. The van der Waals surface area contributed by atoms with Crippen LogP contribution in [0.5, 0.6) is 5.88 Å². The summed E-state index contributed by atoms with van der Waals surface area (Å²) in [6.07, 6.45) is 7.09. The zero-order valence-electron chi connectivity index (χ0n) is 9.07. The fourth-order valence-corrected chi connectivity index (χ4v) is 1.09. The third kappa shape index (κ3) is 4.44. The minimum Gasteiger partial charge on any atom is -0.477 e. The summed E-state index contributed by atoms with van der Waals surface area (Å²) in [5, 5.41) is 3.08. The summed E-state index contributed by atoms with van der Waals surface area (Å²) in [6, 6.07) is 0. The molecule has 0 unspecified atom stereocenters. The van der Waals surface area contributed by atoms with Gasteiger partial charge in [0.25, 0.3) is 0 Å². The average Bonchev–Trinajstić information content (AvgIpc) is 2.26. The maximum absolute atomic E-state index is 5.43. The molecule has 0 aromatic carbocycles. The van der Waals surface area contributed by atoms with Crippen molar-refractivity contribution in [3.8, 4) is 5.88 Å². The molecule has 1 heterocycles. The maximum Gasteiger partial charge on any atom is 0.234 e. The van der Waals surface area contributed by atoms with E-state index in [4.69, 9.17) is 4.74 Å². The van der Waals surface area contributed by atoms with Gasteiger partial charge in [-0.25, -0.2) is 0 Å². The number of ether oxygens (including phenoxy) is 1. The molecule has 15 heavy (non-hydrogen) atoms. The normalized spacial score (nSPS) is 9.67. The summed E-state index contributed by atoms with van der Waals surface area (Å²) in [7, 11) is 0. The number of anilines is 1. The first-order valence-electron chi connectivity index (χ1n) is 5.16. The van der Waals surface area contributed by atoms with Gasteiger partial charge in [0.15, 0.2) is 0 Å². The third-order valence-corrected chi connectivity index (χ3v) is 1.77. The lowest BCUT2D eigenvalue weighted by atomic mass is 10.3. The maximum atomic E-state index is 5.43. The van der Waals surface area contributed by atoms with Crippen molar-refractivity contribution in [1.82, 2.24) is 9.97 Å². The number of nitrogens with zero attached hydrogens (tertiary/aromatic N) is 2. The predicted octanol–water partition coefficient (Wildman–Crippen LogP) is 2.25. The quantitative estimate of drug-likeness (QED) is 0.550. The highest BCUT2D eigenvalue weighted by atomic mass is 16.5. The largest absolute Gasteiger partial charge is 0.477 e. The predicted molar refractivity (Wildman–Crippen MR) is 61.1 cm³/mol. The Balaban J connectivity index is 2.39. The van der Waals surface area contributed by atoms with E-state index >= 15 is 0 Å². The van der Waals surface area contributed by atoms with Crippen LogP contribution in [-0.4, -0.2) is 23.1 Å². The zero-order chi connectivity index (χ0) is 10.9. The number of nitrogens with one attached hydrogen (secondary N) is 1. The van der Waals surface area contributed by atoms with Crippen LogP contribution in [0, 0.1) is 0 Å². The van der Waals surface area contributed by atoms with Crippen LogP contribution in [0.4, 0.5) is 5.82 Å². The fraction of sp³-hybridized carbons (Fsp3) is 0.455. The Morgan fingerprint density at radius 3 is 3.13 bits per heavy atom. The van der Waals surface area contributed by atoms with Crippen molar-refractivity contribution >= 4 is 5.82 Å². The van der Waals surface area contributed by atoms with Crippen molar-refractivity contribution < 1.29 is 4.74 Å². The SMILES string of the molecule is C=CCCCOc1cncc(NCC)n1. The van der Waals surface area contributed by atoms with Gasteiger partial charge in [-0.3, -0.25) is 4.98 Å². The molecule has 82 valence electrons. The second-order valence-electron chi connectivity index (χ2n) is 3.05. The molecular formula is C11H17N3O. The Morgan fingerprint density at radius 2 is 2.40 bits per heavy atom. The van der Waals surface area contributed by atoms with E-state index in [1.165, 1.54) is 0 Å². The molecule has 4 heteroatoms. The molecule has 4 nitrogen and oxygen atoms in total. The molecule has 0 bridgehead atoms. The Kier molecular flexibility index (Phi) is 5.22. The number of allylic oxidation sites excluding steroid dienone is 1. The van der Waals surface area contributed by atoms with E-state index in [2.05, 4.69) is 21.9 Å². The van der Waals surface area contributed by atoms with Crippen molar-refractivity contribution in [3.05, 3.63) is 25.0 Å². The van der Waals surface area contributed by atoms with Gasteiger partial charge >= 0.3 is 0 Å². The summed E-state index contributed by atoms with van der Waals surface area (Å²) in [5.74, 6) is 1.32. The van der Waals surface area contributed by atoms with Crippen LogP contribution in [0.1, 0.15) is 19.8 Å². The van der Waals surface area contributed by atoms with Gasteiger partial charge in [0, 0.05) is 6.54 Å². The van der Waals surface area contributed by atoms with E-state index in [1.54, 1.807) is 12.4 Å². The number of hydrogen-bond acceptors (Lipinski definition) is 4. The standard InChI is InChI=1S/C11H17N3O/c1-3-5-6-7-15-11-9-12-8-10(14-11)13-4-2/h3,8-9H,1,4-7H2,2H3,(H,13,14). The fourth-order valence-electron chi connectivity index (χ4n) is 1.09. The van der Waals surface area contributed by atoms with E-state index in [-0.39, 0.29) is 0 Å². The topological polar surface area (TPSA) is 47.0 Å². The Bertz CT molecular complexity index is 302. The lowest BCUT2D eigenvalue weighted by Crippen LogP contribution is -2.03. The lowest BCUT2D eigenvalue weighted by molar-refractivity contribution is 0.299. The van der Waals surface area contributed by atoms with E-state index in [1.807, 2.05) is 13.0 Å². The Morgan fingerprint density at radius 1 is 1.53 bits per heavy atom. The van der Waals surface area contributed by atoms with Gasteiger partial charge in [0.05, 0.1) is 19.0 Å². The molecule has 0 spiro atoms. The van der Waals surface area contributed by atoms with Crippen LogP contribution >= 0.6 is 0 Å². The van der Waals surface area contributed by atoms with E-state index in [9.17, 15) is 0 Å². The van der Waals surface area contributed by atoms with Gasteiger partial charge in [-0.05, 0) is 19.8 Å². The molecule has 0 amide bonds. The van der Waals surface area contributed by atoms with Gasteiger partial charge in [0.2, 0.25) is 5.88 Å². The van der Waals surface area contributed by atoms with E-state index < -0.39 is 0 Å². The summed E-state index contributed by atoms with van der Waals surface area (Å²) >= 11 is 0. The van der Waals surface area contributed by atoms with E-state index in [0.717, 1.165) is 25.2 Å². The van der Waals surface area contributed by atoms with Gasteiger partial charge in [-0.15, -0.1) is 6.58 Å². The van der Waals surface area contributed by atoms with Crippen LogP contribution in [0.25, 0.3) is 0 Å². The molecule has 0 aliphatic heterocycles. The number of aromatic nitrogens is 2. The minimum absolute atomic E-state index is 0.567. The van der Waals surface area contributed by atoms with Crippen molar-refractivity contribution in [2.24, 2.45) is 0 Å². The summed E-state index contributed by atoms with van der Waals surface area (Å²) < 4.78 is 5.43. The van der Waals surface area contributed by atoms with Crippen LogP contribution in [0.3, 0.4) is 0 Å². The number of unbranched alkanes of at least 4 members (excludes halogenated alkanes) is 1. The summed E-state index contributed by atoms with van der Waals surface area (Å²) in [4.78, 5) is 8.27.